The molecule has 0 saturated heterocycles. The summed E-state index contributed by atoms with van der Waals surface area (Å²) in [7, 11) is -3.25. The van der Waals surface area contributed by atoms with E-state index >= 15 is 0 Å². The van der Waals surface area contributed by atoms with Gasteiger partial charge in [0.2, 0.25) is 11.8 Å². The standard InChI is InChI=1S/C16H19N3O4S/c1-11-17-15(23-18-11)7-8-16(20)19-9-3-4-12-10-13(24(2,21)22)5-6-14(12)19/h5-6,10H,3-4,7-9H2,1-2H3. The van der Waals surface area contributed by atoms with Crippen LogP contribution in [0.15, 0.2) is 27.6 Å². The maximum absolute atomic E-state index is 12.5. The van der Waals surface area contributed by atoms with E-state index in [0.717, 1.165) is 24.1 Å². The molecule has 128 valence electrons. The summed E-state index contributed by atoms with van der Waals surface area (Å²) in [6.45, 7) is 2.36. The van der Waals surface area contributed by atoms with Crippen LogP contribution in [0.2, 0.25) is 0 Å². The zero-order valence-electron chi connectivity index (χ0n) is 13.7. The molecule has 0 saturated carbocycles. The maximum Gasteiger partial charge on any atom is 0.227 e. The molecule has 0 spiro atoms. The average Bonchev–Trinajstić information content (AvgIpc) is 2.96. The van der Waals surface area contributed by atoms with Gasteiger partial charge >= 0.3 is 0 Å². The number of anilines is 1. The molecule has 1 aliphatic heterocycles. The van der Waals surface area contributed by atoms with Crippen molar-refractivity contribution in [3.05, 3.63) is 35.5 Å². The van der Waals surface area contributed by atoms with Crippen molar-refractivity contribution in [1.29, 1.82) is 0 Å². The quantitative estimate of drug-likeness (QED) is 0.834. The van der Waals surface area contributed by atoms with E-state index in [2.05, 4.69) is 10.1 Å². The Labute approximate surface area is 140 Å². The predicted molar refractivity (Wildman–Crippen MR) is 87.6 cm³/mol. The first-order chi connectivity index (χ1) is 11.3. The Bertz CT molecular complexity index is 873. The Morgan fingerprint density at radius 2 is 2.17 bits per heavy atom. The van der Waals surface area contributed by atoms with Gasteiger partial charge in [0, 0.05) is 31.3 Å². The van der Waals surface area contributed by atoms with Gasteiger partial charge in [0.25, 0.3) is 0 Å². The van der Waals surface area contributed by atoms with Crippen molar-refractivity contribution >= 4 is 21.4 Å². The number of hydrogen-bond acceptors (Lipinski definition) is 6. The molecule has 0 bridgehead atoms. The van der Waals surface area contributed by atoms with Crippen molar-refractivity contribution in [1.82, 2.24) is 10.1 Å². The maximum atomic E-state index is 12.5. The second-order valence-electron chi connectivity index (χ2n) is 5.95. The Kier molecular flexibility index (Phi) is 4.40. The number of fused-ring (bicyclic) bond motifs is 1. The lowest BCUT2D eigenvalue weighted by Gasteiger charge is -2.29. The summed E-state index contributed by atoms with van der Waals surface area (Å²) in [5.41, 5.74) is 1.69. The molecule has 2 heterocycles. The number of benzene rings is 1. The van der Waals surface area contributed by atoms with Crippen LogP contribution in [0.5, 0.6) is 0 Å². The fourth-order valence-corrected chi connectivity index (χ4v) is 3.53. The third-order valence-electron chi connectivity index (χ3n) is 4.02. The molecular weight excluding hydrogens is 330 g/mol. The molecule has 0 fully saturated rings. The second-order valence-corrected chi connectivity index (χ2v) is 7.96. The lowest BCUT2D eigenvalue weighted by molar-refractivity contribution is -0.118. The highest BCUT2D eigenvalue weighted by molar-refractivity contribution is 7.90. The van der Waals surface area contributed by atoms with Gasteiger partial charge in [0.05, 0.1) is 4.90 Å². The molecule has 0 aliphatic carbocycles. The fraction of sp³-hybridized carbons (Fsp3) is 0.438. The molecular formula is C16H19N3O4S. The van der Waals surface area contributed by atoms with Crippen molar-refractivity contribution in [3.8, 4) is 0 Å². The molecule has 1 aliphatic rings. The molecule has 0 radical (unpaired) electrons. The van der Waals surface area contributed by atoms with Gasteiger partial charge in [-0.25, -0.2) is 8.42 Å². The van der Waals surface area contributed by atoms with Gasteiger partial charge in [0.15, 0.2) is 15.7 Å². The lowest BCUT2D eigenvalue weighted by Crippen LogP contribution is -2.35. The molecule has 7 nitrogen and oxygen atoms in total. The molecule has 2 aromatic rings. The first-order valence-electron chi connectivity index (χ1n) is 7.77. The van der Waals surface area contributed by atoms with Crippen molar-refractivity contribution in [3.63, 3.8) is 0 Å². The predicted octanol–water partition coefficient (Wildman–Crippen LogP) is 1.69. The first-order valence-corrected chi connectivity index (χ1v) is 9.66. The number of aromatic nitrogens is 2. The summed E-state index contributed by atoms with van der Waals surface area (Å²) >= 11 is 0. The second kappa shape index (κ2) is 6.35. The lowest BCUT2D eigenvalue weighted by atomic mass is 10.0. The number of nitrogens with zero attached hydrogens (tertiary/aromatic N) is 3. The average molecular weight is 349 g/mol. The molecule has 3 rings (SSSR count). The summed E-state index contributed by atoms with van der Waals surface area (Å²) in [6.07, 6.45) is 3.44. The molecule has 0 atom stereocenters. The van der Waals surface area contributed by atoms with Crippen molar-refractivity contribution < 1.29 is 17.7 Å². The third kappa shape index (κ3) is 3.48. The van der Waals surface area contributed by atoms with Crippen LogP contribution in [0.3, 0.4) is 0 Å². The third-order valence-corrected chi connectivity index (χ3v) is 5.13. The number of amides is 1. The topological polar surface area (TPSA) is 93.4 Å². The number of carbonyl (C=O) groups excluding carboxylic acids is 1. The van der Waals surface area contributed by atoms with E-state index in [-0.39, 0.29) is 17.2 Å². The molecule has 1 amide bonds. The zero-order chi connectivity index (χ0) is 17.3. The van der Waals surface area contributed by atoms with Gasteiger partial charge < -0.3 is 9.42 Å². The van der Waals surface area contributed by atoms with Crippen LogP contribution < -0.4 is 4.90 Å². The van der Waals surface area contributed by atoms with Gasteiger partial charge in [-0.15, -0.1) is 0 Å². The summed E-state index contributed by atoms with van der Waals surface area (Å²) in [6, 6.07) is 4.95. The summed E-state index contributed by atoms with van der Waals surface area (Å²) < 4.78 is 28.4. The van der Waals surface area contributed by atoms with Gasteiger partial charge in [-0.1, -0.05) is 5.16 Å². The van der Waals surface area contributed by atoms with Crippen LogP contribution in [0.4, 0.5) is 5.69 Å². The highest BCUT2D eigenvalue weighted by Gasteiger charge is 2.24. The van der Waals surface area contributed by atoms with E-state index in [4.69, 9.17) is 4.52 Å². The summed E-state index contributed by atoms with van der Waals surface area (Å²) in [5, 5.41) is 3.71. The smallest absolute Gasteiger partial charge is 0.227 e. The number of rotatable bonds is 4. The molecule has 8 heteroatoms. The molecule has 24 heavy (non-hydrogen) atoms. The number of carbonyl (C=O) groups is 1. The van der Waals surface area contributed by atoms with Crippen LogP contribution >= 0.6 is 0 Å². The number of hydrogen-bond donors (Lipinski definition) is 0. The van der Waals surface area contributed by atoms with E-state index in [0.29, 0.717) is 24.7 Å². The first kappa shape index (κ1) is 16.6. The monoisotopic (exact) mass is 349 g/mol. The highest BCUT2D eigenvalue weighted by Crippen LogP contribution is 2.30. The van der Waals surface area contributed by atoms with Gasteiger partial charge in [-0.2, -0.15) is 4.98 Å². The SMILES string of the molecule is Cc1noc(CCC(=O)N2CCCc3cc(S(C)(=O)=O)ccc32)n1. The van der Waals surface area contributed by atoms with Crippen LogP contribution in [0, 0.1) is 6.92 Å². The minimum Gasteiger partial charge on any atom is -0.339 e. The Hall–Kier alpha value is -2.22. The van der Waals surface area contributed by atoms with Crippen molar-refractivity contribution in [2.45, 2.75) is 37.5 Å². The van der Waals surface area contributed by atoms with E-state index in [9.17, 15) is 13.2 Å². The van der Waals surface area contributed by atoms with Gasteiger partial charge in [-0.05, 0) is 43.5 Å². The Morgan fingerprint density at radius 3 is 2.83 bits per heavy atom. The zero-order valence-corrected chi connectivity index (χ0v) is 14.5. The Balaban J connectivity index is 1.77. The van der Waals surface area contributed by atoms with Crippen LogP contribution in [-0.4, -0.2) is 37.3 Å². The van der Waals surface area contributed by atoms with Crippen LogP contribution in [0.25, 0.3) is 0 Å². The molecule has 1 aromatic carbocycles. The Morgan fingerprint density at radius 1 is 1.38 bits per heavy atom. The normalized spacial score (nSPS) is 14.5. The van der Waals surface area contributed by atoms with E-state index in [1.54, 1.807) is 30.0 Å². The summed E-state index contributed by atoms with van der Waals surface area (Å²) in [5.74, 6) is 0.971. The number of sulfone groups is 1. The summed E-state index contributed by atoms with van der Waals surface area (Å²) in [4.78, 5) is 18.6. The molecule has 0 unspecified atom stereocenters. The minimum atomic E-state index is -3.25. The molecule has 1 aromatic heterocycles. The van der Waals surface area contributed by atoms with Crippen LogP contribution in [-0.2, 0) is 27.5 Å². The van der Waals surface area contributed by atoms with Crippen molar-refractivity contribution in [2.24, 2.45) is 0 Å². The molecule has 0 N–H and O–H groups in total. The highest BCUT2D eigenvalue weighted by atomic mass is 32.2. The number of aryl methyl sites for hydroxylation is 3. The van der Waals surface area contributed by atoms with E-state index in [1.807, 2.05) is 0 Å². The van der Waals surface area contributed by atoms with E-state index in [1.165, 1.54) is 6.26 Å². The van der Waals surface area contributed by atoms with Gasteiger partial charge in [0.1, 0.15) is 0 Å². The largest absolute Gasteiger partial charge is 0.339 e. The van der Waals surface area contributed by atoms with Crippen LogP contribution in [0.1, 0.15) is 30.1 Å². The fourth-order valence-electron chi connectivity index (χ4n) is 2.85. The van der Waals surface area contributed by atoms with Crippen molar-refractivity contribution in [2.75, 3.05) is 17.7 Å². The van der Waals surface area contributed by atoms with E-state index < -0.39 is 9.84 Å². The minimum absolute atomic E-state index is 0.0288. The van der Waals surface area contributed by atoms with Gasteiger partial charge in [-0.3, -0.25) is 4.79 Å².